The van der Waals surface area contributed by atoms with E-state index in [4.69, 9.17) is 14.1 Å². The summed E-state index contributed by atoms with van der Waals surface area (Å²) >= 11 is 0. The lowest BCUT2D eigenvalue weighted by Crippen LogP contribution is -2.36. The van der Waals surface area contributed by atoms with E-state index in [0.717, 1.165) is 41.2 Å². The molecule has 3 aromatic carbocycles. The van der Waals surface area contributed by atoms with E-state index in [1.165, 1.54) is 0 Å². The molecule has 2 aliphatic heterocycles. The third-order valence-electron chi connectivity index (χ3n) is 7.01. The van der Waals surface area contributed by atoms with Gasteiger partial charge in [0.2, 0.25) is 6.17 Å². The number of rotatable bonds is 6. The molecular weight excluding hydrogens is 520 g/mol. The summed E-state index contributed by atoms with van der Waals surface area (Å²) in [5.74, 6) is -0.00806. The minimum absolute atomic E-state index is 0.0892. The largest absolute Gasteiger partial charge is 0.403 e. The second kappa shape index (κ2) is 10.7. The number of benzene rings is 3. The summed E-state index contributed by atoms with van der Waals surface area (Å²) in [6.07, 6.45) is 2.64. The van der Waals surface area contributed by atoms with Crippen LogP contribution in [-0.4, -0.2) is 64.1 Å². The Morgan fingerprint density at radius 1 is 0.902 bits per heavy atom. The quantitative estimate of drug-likeness (QED) is 0.328. The predicted molar refractivity (Wildman–Crippen MR) is 154 cm³/mol. The fourth-order valence-electron chi connectivity index (χ4n) is 5.02. The number of fused-ring (bicyclic) bond motifs is 1. The zero-order chi connectivity index (χ0) is 27.6. The normalized spacial score (nSPS) is 16.9. The fraction of sp³-hybridized carbons (Fsp3) is 0.167. The molecule has 1 atom stereocenters. The molecular formula is C30H26N8O3. The van der Waals surface area contributed by atoms with Gasteiger partial charge in [-0.3, -0.25) is 4.79 Å². The maximum Gasteiger partial charge on any atom is 0.317 e. The SMILES string of the molecule is O=C1Nc2ccccc2C(c2ccccc2)=NC1Nc1nnc(-c2ccc(-n3cccn3)cc2N2CCOCC2)o1. The van der Waals surface area contributed by atoms with E-state index in [-0.39, 0.29) is 11.9 Å². The highest BCUT2D eigenvalue weighted by Crippen LogP contribution is 2.34. The Kier molecular flexibility index (Phi) is 6.45. The zero-order valence-corrected chi connectivity index (χ0v) is 22.0. The lowest BCUT2D eigenvalue weighted by molar-refractivity contribution is -0.116. The molecule has 1 unspecified atom stereocenters. The highest BCUT2D eigenvalue weighted by atomic mass is 16.5. The Bertz CT molecular complexity index is 1710. The van der Waals surface area contributed by atoms with E-state index in [0.29, 0.717) is 30.5 Å². The Balaban J connectivity index is 1.22. The number of para-hydroxylation sites is 1. The number of anilines is 3. The summed E-state index contributed by atoms with van der Waals surface area (Å²) in [4.78, 5) is 20.3. The summed E-state index contributed by atoms with van der Waals surface area (Å²) in [5.41, 5.74) is 5.70. The van der Waals surface area contributed by atoms with E-state index in [1.807, 2.05) is 79.0 Å². The number of hydrogen-bond acceptors (Lipinski definition) is 9. The highest BCUT2D eigenvalue weighted by molar-refractivity contribution is 6.19. The van der Waals surface area contributed by atoms with Crippen LogP contribution in [0.15, 0.2) is 101 Å². The fourth-order valence-corrected chi connectivity index (χ4v) is 5.02. The molecule has 41 heavy (non-hydrogen) atoms. The molecule has 11 nitrogen and oxygen atoms in total. The highest BCUT2D eigenvalue weighted by Gasteiger charge is 2.28. The van der Waals surface area contributed by atoms with Gasteiger partial charge in [-0.15, -0.1) is 5.10 Å². The maximum atomic E-state index is 13.2. The summed E-state index contributed by atoms with van der Waals surface area (Å²) in [6.45, 7) is 2.72. The average molecular weight is 547 g/mol. The van der Waals surface area contributed by atoms with Crippen LogP contribution in [0.25, 0.3) is 17.1 Å². The molecule has 4 heterocycles. The van der Waals surface area contributed by atoms with Gasteiger partial charge in [-0.25, -0.2) is 9.67 Å². The number of ether oxygens (including phenoxy) is 1. The number of amides is 1. The molecule has 204 valence electrons. The van der Waals surface area contributed by atoms with Crippen LogP contribution in [0.3, 0.4) is 0 Å². The Morgan fingerprint density at radius 3 is 2.56 bits per heavy atom. The first kappa shape index (κ1) is 24.7. The first-order valence-electron chi connectivity index (χ1n) is 13.3. The number of aliphatic imine (C=N–C) groups is 1. The zero-order valence-electron chi connectivity index (χ0n) is 22.0. The molecule has 2 aromatic heterocycles. The molecule has 0 bridgehead atoms. The third-order valence-corrected chi connectivity index (χ3v) is 7.01. The van der Waals surface area contributed by atoms with E-state index < -0.39 is 6.17 Å². The van der Waals surface area contributed by atoms with Crippen molar-refractivity contribution in [3.05, 3.63) is 102 Å². The van der Waals surface area contributed by atoms with Crippen LogP contribution in [0.5, 0.6) is 0 Å². The van der Waals surface area contributed by atoms with Gasteiger partial charge in [0.1, 0.15) is 0 Å². The van der Waals surface area contributed by atoms with Gasteiger partial charge < -0.3 is 24.7 Å². The Morgan fingerprint density at radius 2 is 1.73 bits per heavy atom. The molecule has 0 spiro atoms. The molecule has 0 aliphatic carbocycles. The number of hydrogen-bond donors (Lipinski definition) is 2. The third kappa shape index (κ3) is 4.94. The molecule has 0 saturated carbocycles. The first-order valence-corrected chi connectivity index (χ1v) is 13.3. The lowest BCUT2D eigenvalue weighted by Gasteiger charge is -2.30. The van der Waals surface area contributed by atoms with Gasteiger partial charge in [-0.1, -0.05) is 53.6 Å². The van der Waals surface area contributed by atoms with Gasteiger partial charge in [0.25, 0.3) is 11.8 Å². The van der Waals surface area contributed by atoms with E-state index in [9.17, 15) is 4.79 Å². The van der Waals surface area contributed by atoms with Gasteiger partial charge in [0.15, 0.2) is 0 Å². The molecule has 0 radical (unpaired) electrons. The van der Waals surface area contributed by atoms with Crippen molar-refractivity contribution >= 4 is 29.0 Å². The summed E-state index contributed by atoms with van der Waals surface area (Å²) in [7, 11) is 0. The number of benzodiazepines with no additional fused rings is 1. The smallest absolute Gasteiger partial charge is 0.317 e. The van der Waals surface area contributed by atoms with E-state index >= 15 is 0 Å². The first-order chi connectivity index (χ1) is 20.2. The van der Waals surface area contributed by atoms with Crippen LogP contribution < -0.4 is 15.5 Å². The van der Waals surface area contributed by atoms with Crippen molar-refractivity contribution in [2.24, 2.45) is 4.99 Å². The monoisotopic (exact) mass is 546 g/mol. The van der Waals surface area contributed by atoms with Crippen molar-refractivity contribution in [1.82, 2.24) is 20.0 Å². The van der Waals surface area contributed by atoms with E-state index in [2.05, 4.69) is 36.9 Å². The Labute approximate surface area is 235 Å². The van der Waals surface area contributed by atoms with Crippen molar-refractivity contribution in [1.29, 1.82) is 0 Å². The Hall–Kier alpha value is -5.29. The minimum atomic E-state index is -0.994. The van der Waals surface area contributed by atoms with Crippen molar-refractivity contribution < 1.29 is 13.9 Å². The number of carbonyl (C=O) groups excluding carboxylic acids is 1. The van der Waals surface area contributed by atoms with Gasteiger partial charge in [0.05, 0.1) is 41.6 Å². The number of nitrogens with zero attached hydrogens (tertiary/aromatic N) is 6. The number of morpholine rings is 1. The van der Waals surface area contributed by atoms with Crippen LogP contribution in [0.2, 0.25) is 0 Å². The molecule has 2 N–H and O–H groups in total. The molecule has 5 aromatic rings. The van der Waals surface area contributed by atoms with Gasteiger partial charge >= 0.3 is 6.01 Å². The van der Waals surface area contributed by atoms with Gasteiger partial charge in [-0.2, -0.15) is 5.10 Å². The molecule has 2 aliphatic rings. The van der Waals surface area contributed by atoms with Crippen LogP contribution in [-0.2, 0) is 9.53 Å². The summed E-state index contributed by atoms with van der Waals surface area (Å²) in [5, 5.41) is 18.9. The van der Waals surface area contributed by atoms with Crippen molar-refractivity contribution in [2.75, 3.05) is 41.8 Å². The molecule has 11 heteroatoms. The number of nitrogens with one attached hydrogen (secondary N) is 2. The maximum absolute atomic E-state index is 13.2. The van der Waals surface area contributed by atoms with Crippen molar-refractivity contribution in [2.45, 2.75) is 6.17 Å². The molecule has 1 saturated heterocycles. The van der Waals surface area contributed by atoms with Gasteiger partial charge in [0, 0.05) is 36.6 Å². The number of carbonyl (C=O) groups is 1. The minimum Gasteiger partial charge on any atom is -0.403 e. The lowest BCUT2D eigenvalue weighted by atomic mass is 10.0. The van der Waals surface area contributed by atoms with Crippen LogP contribution >= 0.6 is 0 Å². The standard InChI is InChI=1S/C30H26N8O3/c39-28-27(33-26(20-7-2-1-3-8-20)22-9-4-5-10-24(22)32-28)34-30-36-35-29(41-30)23-12-11-21(38-14-6-13-31-38)19-25(23)37-15-17-40-18-16-37/h1-14,19,27H,15-18H2,(H,32,39)(H,34,36). The molecule has 1 amide bonds. The topological polar surface area (TPSA) is 123 Å². The second-order valence-corrected chi connectivity index (χ2v) is 9.59. The predicted octanol–water partition coefficient (Wildman–Crippen LogP) is 3.99. The van der Waals surface area contributed by atoms with Crippen LogP contribution in [0, 0.1) is 0 Å². The van der Waals surface area contributed by atoms with E-state index in [1.54, 1.807) is 10.9 Å². The van der Waals surface area contributed by atoms with Crippen molar-refractivity contribution in [3.8, 4) is 17.1 Å². The van der Waals surface area contributed by atoms with Crippen molar-refractivity contribution in [3.63, 3.8) is 0 Å². The van der Waals surface area contributed by atoms with Crippen LogP contribution in [0.4, 0.5) is 17.4 Å². The molecule has 7 rings (SSSR count). The average Bonchev–Trinajstić information content (AvgIpc) is 3.71. The summed E-state index contributed by atoms with van der Waals surface area (Å²) in [6, 6.07) is 25.3. The van der Waals surface area contributed by atoms with Gasteiger partial charge in [-0.05, 0) is 30.3 Å². The molecule has 1 fully saturated rings. The number of aromatic nitrogens is 4. The second-order valence-electron chi connectivity index (χ2n) is 9.59. The van der Waals surface area contributed by atoms with Crippen LogP contribution in [0.1, 0.15) is 11.1 Å². The summed E-state index contributed by atoms with van der Waals surface area (Å²) < 4.78 is 13.5.